The normalized spacial score (nSPS) is 11.7. The molecule has 0 saturated heterocycles. The van der Waals surface area contributed by atoms with E-state index in [0.717, 1.165) is 35.2 Å². The summed E-state index contributed by atoms with van der Waals surface area (Å²) in [5, 5.41) is 4.43. The third kappa shape index (κ3) is 5.40. The zero-order chi connectivity index (χ0) is 19.3. The summed E-state index contributed by atoms with van der Waals surface area (Å²) in [7, 11) is 1.64. The Balaban J connectivity index is 1.52. The highest BCUT2D eigenvalue weighted by Crippen LogP contribution is 2.24. The largest absolute Gasteiger partial charge is 0.497 e. The summed E-state index contributed by atoms with van der Waals surface area (Å²) in [4.78, 5) is 3.24. The van der Waals surface area contributed by atoms with Gasteiger partial charge in [-0.15, -0.1) is 0 Å². The molecule has 2 N–H and O–H groups in total. The Hall–Kier alpha value is -2.67. The van der Waals surface area contributed by atoms with Crippen molar-refractivity contribution in [3.63, 3.8) is 0 Å². The van der Waals surface area contributed by atoms with E-state index in [1.807, 2.05) is 30.5 Å². The Morgan fingerprint density at radius 2 is 1.93 bits per heavy atom. The molecule has 0 aliphatic heterocycles. The van der Waals surface area contributed by atoms with E-state index in [4.69, 9.17) is 9.47 Å². The number of alkyl halides is 3. The van der Waals surface area contributed by atoms with Crippen molar-refractivity contribution < 1.29 is 22.6 Å². The molecule has 3 rings (SSSR count). The number of ether oxygens (including phenoxy) is 2. The minimum absolute atomic E-state index is 0.218. The van der Waals surface area contributed by atoms with Gasteiger partial charge >= 0.3 is 6.18 Å². The second-order valence-corrected chi connectivity index (χ2v) is 6.20. The molecule has 27 heavy (non-hydrogen) atoms. The maximum atomic E-state index is 12.2. The Morgan fingerprint density at radius 1 is 1.07 bits per heavy atom. The molecule has 1 heterocycles. The van der Waals surface area contributed by atoms with Crippen LogP contribution in [0.25, 0.3) is 10.9 Å². The van der Waals surface area contributed by atoms with E-state index in [0.29, 0.717) is 6.54 Å². The number of halogens is 3. The van der Waals surface area contributed by atoms with Crippen molar-refractivity contribution in [1.29, 1.82) is 0 Å². The van der Waals surface area contributed by atoms with Crippen LogP contribution in [0.5, 0.6) is 11.5 Å². The maximum Gasteiger partial charge on any atom is 0.422 e. The molecule has 0 aliphatic rings. The molecule has 0 spiro atoms. The molecule has 2 aromatic carbocycles. The third-order valence-electron chi connectivity index (χ3n) is 4.18. The van der Waals surface area contributed by atoms with E-state index in [1.165, 1.54) is 11.6 Å². The second kappa shape index (κ2) is 8.35. The highest BCUT2D eigenvalue weighted by Gasteiger charge is 2.28. The lowest BCUT2D eigenvalue weighted by Gasteiger charge is -2.10. The third-order valence-corrected chi connectivity index (χ3v) is 4.18. The van der Waals surface area contributed by atoms with Crippen molar-refractivity contribution in [3.05, 3.63) is 59.8 Å². The molecule has 144 valence electrons. The van der Waals surface area contributed by atoms with Gasteiger partial charge in [0.15, 0.2) is 6.61 Å². The van der Waals surface area contributed by atoms with Crippen LogP contribution in [0.1, 0.15) is 11.1 Å². The molecule has 7 heteroatoms. The Labute approximate surface area is 155 Å². The van der Waals surface area contributed by atoms with E-state index >= 15 is 0 Å². The van der Waals surface area contributed by atoms with Gasteiger partial charge in [-0.25, -0.2) is 0 Å². The first kappa shape index (κ1) is 19.1. The van der Waals surface area contributed by atoms with Crippen molar-refractivity contribution in [2.45, 2.75) is 19.1 Å². The van der Waals surface area contributed by atoms with Crippen LogP contribution in [0.2, 0.25) is 0 Å². The van der Waals surface area contributed by atoms with Gasteiger partial charge in [0, 0.05) is 23.6 Å². The molecule has 0 saturated carbocycles. The van der Waals surface area contributed by atoms with Crippen molar-refractivity contribution >= 4 is 10.9 Å². The van der Waals surface area contributed by atoms with E-state index in [-0.39, 0.29) is 5.75 Å². The summed E-state index contributed by atoms with van der Waals surface area (Å²) in [5.74, 6) is 1.03. The topological polar surface area (TPSA) is 46.3 Å². The molecule has 0 bridgehead atoms. The lowest BCUT2D eigenvalue weighted by atomic mass is 10.1. The minimum Gasteiger partial charge on any atom is -0.497 e. The first-order chi connectivity index (χ1) is 12.9. The van der Waals surface area contributed by atoms with E-state index < -0.39 is 12.8 Å². The molecular weight excluding hydrogens is 357 g/mol. The van der Waals surface area contributed by atoms with Gasteiger partial charge in [0.2, 0.25) is 0 Å². The lowest BCUT2D eigenvalue weighted by Crippen LogP contribution is -2.19. The van der Waals surface area contributed by atoms with Crippen LogP contribution in [0.15, 0.2) is 48.7 Å². The van der Waals surface area contributed by atoms with Crippen molar-refractivity contribution in [3.8, 4) is 11.5 Å². The first-order valence-electron chi connectivity index (χ1n) is 8.58. The molecule has 1 aromatic heterocycles. The van der Waals surface area contributed by atoms with Gasteiger partial charge in [0.25, 0.3) is 0 Å². The fourth-order valence-corrected chi connectivity index (χ4v) is 2.86. The van der Waals surface area contributed by atoms with Gasteiger partial charge in [-0.3, -0.25) is 0 Å². The van der Waals surface area contributed by atoms with Crippen molar-refractivity contribution in [2.75, 3.05) is 20.3 Å². The maximum absolute atomic E-state index is 12.2. The summed E-state index contributed by atoms with van der Waals surface area (Å²) in [6, 6.07) is 12.6. The van der Waals surface area contributed by atoms with Crippen molar-refractivity contribution in [1.82, 2.24) is 10.3 Å². The smallest absolute Gasteiger partial charge is 0.422 e. The van der Waals surface area contributed by atoms with Crippen molar-refractivity contribution in [2.24, 2.45) is 0 Å². The number of hydrogen-bond acceptors (Lipinski definition) is 3. The quantitative estimate of drug-likeness (QED) is 0.570. The molecule has 0 aliphatic carbocycles. The number of H-pyrrole nitrogens is 1. The molecule has 0 atom stereocenters. The summed E-state index contributed by atoms with van der Waals surface area (Å²) < 4.78 is 46.8. The predicted octanol–water partition coefficient (Wildman–Crippen LogP) is 4.45. The fourth-order valence-electron chi connectivity index (χ4n) is 2.86. The molecule has 3 aromatic rings. The lowest BCUT2D eigenvalue weighted by molar-refractivity contribution is -0.153. The highest BCUT2D eigenvalue weighted by atomic mass is 19.4. The van der Waals surface area contributed by atoms with E-state index in [1.54, 1.807) is 19.2 Å². The Kier molecular flexibility index (Phi) is 5.91. The second-order valence-electron chi connectivity index (χ2n) is 6.20. The first-order valence-corrected chi connectivity index (χ1v) is 8.58. The summed E-state index contributed by atoms with van der Waals surface area (Å²) in [6.45, 7) is 0.000597. The monoisotopic (exact) mass is 378 g/mol. The zero-order valence-electron chi connectivity index (χ0n) is 14.9. The van der Waals surface area contributed by atoms with Crippen LogP contribution in [0, 0.1) is 0 Å². The van der Waals surface area contributed by atoms with Gasteiger partial charge in [-0.1, -0.05) is 12.1 Å². The fraction of sp³-hybridized carbons (Fsp3) is 0.300. The van der Waals surface area contributed by atoms with Crippen LogP contribution in [-0.4, -0.2) is 31.4 Å². The molecule has 0 radical (unpaired) electrons. The molecule has 0 amide bonds. The Morgan fingerprint density at radius 3 is 2.70 bits per heavy atom. The molecule has 0 fully saturated rings. The minimum atomic E-state index is -4.34. The zero-order valence-corrected chi connectivity index (χ0v) is 14.9. The van der Waals surface area contributed by atoms with E-state index in [9.17, 15) is 13.2 Å². The van der Waals surface area contributed by atoms with Crippen LogP contribution in [0.4, 0.5) is 13.2 Å². The number of rotatable bonds is 8. The van der Waals surface area contributed by atoms with Crippen LogP contribution in [-0.2, 0) is 13.0 Å². The summed E-state index contributed by atoms with van der Waals surface area (Å²) in [6.07, 6.45) is -1.54. The van der Waals surface area contributed by atoms with Gasteiger partial charge in [-0.2, -0.15) is 13.2 Å². The average molecular weight is 378 g/mol. The van der Waals surface area contributed by atoms with Gasteiger partial charge < -0.3 is 19.8 Å². The number of aromatic nitrogens is 1. The molecule has 0 unspecified atom stereocenters. The predicted molar refractivity (Wildman–Crippen MR) is 98.3 cm³/mol. The molecule has 4 nitrogen and oxygen atoms in total. The number of methoxy groups -OCH3 is 1. The number of hydrogen-bond donors (Lipinski definition) is 2. The number of fused-ring (bicyclic) bond motifs is 1. The van der Waals surface area contributed by atoms with Gasteiger partial charge in [0.1, 0.15) is 11.5 Å². The number of nitrogens with one attached hydrogen (secondary N) is 2. The highest BCUT2D eigenvalue weighted by molar-refractivity contribution is 5.84. The number of benzene rings is 2. The van der Waals surface area contributed by atoms with Crippen LogP contribution >= 0.6 is 0 Å². The number of aromatic amines is 1. The van der Waals surface area contributed by atoms with Gasteiger partial charge in [0.05, 0.1) is 7.11 Å². The van der Waals surface area contributed by atoms with Crippen LogP contribution < -0.4 is 14.8 Å². The average Bonchev–Trinajstić information content (AvgIpc) is 3.05. The van der Waals surface area contributed by atoms with Crippen LogP contribution in [0.3, 0.4) is 0 Å². The summed E-state index contributed by atoms with van der Waals surface area (Å²) in [5.41, 5.74) is 3.11. The van der Waals surface area contributed by atoms with Gasteiger partial charge in [-0.05, 0) is 54.4 Å². The molecular formula is C20H21F3N2O2. The Bertz CT molecular complexity index is 890. The SMILES string of the molecule is COc1ccc2[nH]cc(CCNCc3cccc(OCC(F)(F)F)c3)c2c1. The summed E-state index contributed by atoms with van der Waals surface area (Å²) >= 11 is 0. The standard InChI is InChI=1S/C20H21F3N2O2/c1-26-16-5-6-19-18(10-16)15(12-25-19)7-8-24-11-14-3-2-4-17(9-14)27-13-20(21,22)23/h2-6,9-10,12,24-25H,7-8,11,13H2,1H3. The van der Waals surface area contributed by atoms with E-state index in [2.05, 4.69) is 10.3 Å².